The normalized spacial score (nSPS) is 12.1. The van der Waals surface area contributed by atoms with E-state index in [0.29, 0.717) is 23.9 Å². The lowest BCUT2D eigenvalue weighted by Gasteiger charge is -2.14. The van der Waals surface area contributed by atoms with Crippen molar-refractivity contribution in [2.24, 2.45) is 0 Å². The molecular weight excluding hydrogens is 594 g/mol. The lowest BCUT2D eigenvalue weighted by Crippen LogP contribution is -2.21. The summed E-state index contributed by atoms with van der Waals surface area (Å²) in [5.74, 6) is 0.0984. The van der Waals surface area contributed by atoms with E-state index in [1.165, 1.54) is 24.3 Å². The molecule has 4 rings (SSSR count). The van der Waals surface area contributed by atoms with Gasteiger partial charge in [0.1, 0.15) is 11.6 Å². The number of nitrogens with two attached hydrogens (primary N) is 1. The molecule has 0 spiro atoms. The topological polar surface area (TPSA) is 149 Å². The molecule has 220 valence electrons. The van der Waals surface area contributed by atoms with Crippen LogP contribution in [0.1, 0.15) is 11.1 Å². The fourth-order valence-electron chi connectivity index (χ4n) is 3.51. The molecule has 10 nitrogen and oxygen atoms in total. The van der Waals surface area contributed by atoms with Gasteiger partial charge in [-0.05, 0) is 42.0 Å². The van der Waals surface area contributed by atoms with Crippen molar-refractivity contribution < 1.29 is 44.3 Å². The number of amides is 2. The number of halogens is 6. The van der Waals surface area contributed by atoms with Gasteiger partial charge in [0.05, 0.1) is 39.8 Å². The fourth-order valence-corrected chi connectivity index (χ4v) is 4.34. The number of aromatic nitrogens is 3. The quantitative estimate of drug-likeness (QED) is 0.225. The Kier molecular flexibility index (Phi) is 7.98. The lowest BCUT2D eigenvalue weighted by molar-refractivity contribution is -0.138. The van der Waals surface area contributed by atoms with Gasteiger partial charge in [0, 0.05) is 18.0 Å². The van der Waals surface area contributed by atoms with Gasteiger partial charge in [-0.2, -0.15) is 26.3 Å². The van der Waals surface area contributed by atoms with E-state index in [9.17, 15) is 39.6 Å². The Morgan fingerprint density at radius 3 is 2.02 bits per heavy atom. The highest BCUT2D eigenvalue weighted by Crippen LogP contribution is 2.35. The first-order valence-electron chi connectivity index (χ1n) is 11.4. The third-order valence-corrected chi connectivity index (χ3v) is 6.62. The number of urea groups is 1. The molecule has 17 heteroatoms. The molecule has 0 saturated carbocycles. The number of sulfone groups is 1. The van der Waals surface area contributed by atoms with Crippen LogP contribution in [0.5, 0.6) is 11.8 Å². The van der Waals surface area contributed by atoms with Crippen LogP contribution in [0, 0.1) is 0 Å². The first kappa shape index (κ1) is 30.0. The molecule has 0 unspecified atom stereocenters. The van der Waals surface area contributed by atoms with Crippen LogP contribution < -0.4 is 21.1 Å². The van der Waals surface area contributed by atoms with Gasteiger partial charge in [-0.3, -0.25) is 0 Å². The van der Waals surface area contributed by atoms with E-state index >= 15 is 0 Å². The van der Waals surface area contributed by atoms with Crippen LogP contribution in [-0.2, 0) is 22.2 Å². The SMILES string of the molecule is CS(=O)(=O)c1ccc(C(F)(F)F)cc1NC(=O)Nc1cnc(Oc2ccc(-c3cc(C(F)(F)F)cnc3N)cc2)nc1. The number of hydrogen-bond donors (Lipinski definition) is 3. The molecule has 4 aromatic rings. The van der Waals surface area contributed by atoms with E-state index in [1.54, 1.807) is 0 Å². The summed E-state index contributed by atoms with van der Waals surface area (Å²) in [5.41, 5.74) is 3.40. The molecule has 2 aromatic heterocycles. The molecule has 4 N–H and O–H groups in total. The van der Waals surface area contributed by atoms with Crippen molar-refractivity contribution in [3.8, 4) is 22.9 Å². The summed E-state index contributed by atoms with van der Waals surface area (Å²) in [7, 11) is -3.98. The van der Waals surface area contributed by atoms with Gasteiger partial charge in [-0.1, -0.05) is 12.1 Å². The molecule has 0 bridgehead atoms. The van der Waals surface area contributed by atoms with E-state index in [-0.39, 0.29) is 28.8 Å². The van der Waals surface area contributed by atoms with Crippen molar-refractivity contribution in [1.82, 2.24) is 15.0 Å². The van der Waals surface area contributed by atoms with Gasteiger partial charge in [0.2, 0.25) is 0 Å². The van der Waals surface area contributed by atoms with E-state index in [0.717, 1.165) is 30.8 Å². The van der Waals surface area contributed by atoms with Gasteiger partial charge in [0.25, 0.3) is 0 Å². The number of nitrogen functional groups attached to an aromatic ring is 1. The van der Waals surface area contributed by atoms with Crippen molar-refractivity contribution in [2.75, 3.05) is 22.6 Å². The number of alkyl halides is 6. The molecule has 2 heterocycles. The molecule has 42 heavy (non-hydrogen) atoms. The van der Waals surface area contributed by atoms with Crippen LogP contribution in [0.3, 0.4) is 0 Å². The average Bonchev–Trinajstić information content (AvgIpc) is 2.89. The molecule has 0 radical (unpaired) electrons. The van der Waals surface area contributed by atoms with Crippen molar-refractivity contribution in [1.29, 1.82) is 0 Å². The maximum Gasteiger partial charge on any atom is 0.417 e. The Balaban J connectivity index is 1.43. The monoisotopic (exact) mass is 612 g/mol. The summed E-state index contributed by atoms with van der Waals surface area (Å²) in [4.78, 5) is 23.2. The number of ether oxygens (including phenoxy) is 1. The number of nitrogens with one attached hydrogen (secondary N) is 2. The minimum atomic E-state index is -4.78. The number of rotatable bonds is 6. The summed E-state index contributed by atoms with van der Waals surface area (Å²) >= 11 is 0. The number of pyridine rings is 1. The maximum absolute atomic E-state index is 13.1. The van der Waals surface area contributed by atoms with Gasteiger partial charge in [0.15, 0.2) is 9.84 Å². The zero-order valence-corrected chi connectivity index (χ0v) is 21.9. The second-order valence-electron chi connectivity index (χ2n) is 8.60. The third-order valence-electron chi connectivity index (χ3n) is 5.46. The molecule has 0 aliphatic heterocycles. The average molecular weight is 613 g/mol. The first-order valence-corrected chi connectivity index (χ1v) is 13.3. The predicted octanol–water partition coefficient (Wildman–Crippen LogP) is 6.00. The molecule has 0 saturated heterocycles. The zero-order chi connectivity index (χ0) is 30.9. The van der Waals surface area contributed by atoms with E-state index in [1.807, 2.05) is 0 Å². The Hall–Kier alpha value is -4.93. The van der Waals surface area contributed by atoms with E-state index in [2.05, 4.69) is 25.6 Å². The zero-order valence-electron chi connectivity index (χ0n) is 21.1. The fraction of sp³-hybridized carbons (Fsp3) is 0.120. The Morgan fingerprint density at radius 2 is 1.45 bits per heavy atom. The van der Waals surface area contributed by atoms with Crippen LogP contribution >= 0.6 is 0 Å². The molecule has 0 aliphatic carbocycles. The van der Waals surface area contributed by atoms with Crippen LogP contribution in [-0.4, -0.2) is 35.7 Å². The van der Waals surface area contributed by atoms with Gasteiger partial charge in [-0.25, -0.2) is 28.2 Å². The Labute approximate surface area is 233 Å². The summed E-state index contributed by atoms with van der Waals surface area (Å²) < 4.78 is 108. The van der Waals surface area contributed by atoms with Crippen molar-refractivity contribution >= 4 is 33.1 Å². The summed E-state index contributed by atoms with van der Waals surface area (Å²) in [5, 5.41) is 4.33. The minimum absolute atomic E-state index is 0.0180. The predicted molar refractivity (Wildman–Crippen MR) is 138 cm³/mol. The third kappa shape index (κ3) is 7.22. The molecule has 2 aromatic carbocycles. The van der Waals surface area contributed by atoms with Crippen LogP contribution in [0.4, 0.5) is 48.3 Å². The van der Waals surface area contributed by atoms with Crippen LogP contribution in [0.2, 0.25) is 0 Å². The van der Waals surface area contributed by atoms with E-state index < -0.39 is 49.9 Å². The van der Waals surface area contributed by atoms with Crippen LogP contribution in [0.15, 0.2) is 72.0 Å². The Bertz CT molecular complexity index is 1730. The second-order valence-corrected chi connectivity index (χ2v) is 10.6. The molecule has 0 aliphatic rings. The van der Waals surface area contributed by atoms with Gasteiger partial charge >= 0.3 is 24.4 Å². The molecule has 2 amide bonds. The number of carbonyl (C=O) groups excluding carboxylic acids is 1. The summed E-state index contributed by atoms with van der Waals surface area (Å²) in [6, 6.07) is 7.16. The number of nitrogens with zero attached hydrogens (tertiary/aromatic N) is 3. The smallest absolute Gasteiger partial charge is 0.417 e. The number of hydrogen-bond acceptors (Lipinski definition) is 8. The standard InChI is InChI=1S/C25H18F6N6O4S/c1-42(39,40)20-7-4-14(24(26,27)28)9-19(20)37-22(38)36-16-11-34-23(35-12-16)41-17-5-2-13(3-6-17)18-8-15(25(29,30)31)10-33-21(18)32/h2-12H,1H3,(H2,32,33)(H2,36,37,38). The summed E-state index contributed by atoms with van der Waals surface area (Å²) in [6.45, 7) is 0. The summed E-state index contributed by atoms with van der Waals surface area (Å²) in [6.07, 6.45) is -5.76. The maximum atomic E-state index is 13.1. The highest BCUT2D eigenvalue weighted by molar-refractivity contribution is 7.90. The van der Waals surface area contributed by atoms with Gasteiger partial charge < -0.3 is 21.1 Å². The van der Waals surface area contributed by atoms with Gasteiger partial charge in [-0.15, -0.1) is 0 Å². The molecule has 0 atom stereocenters. The molecular formula is C25H18F6N6O4S. The highest BCUT2D eigenvalue weighted by atomic mass is 32.2. The van der Waals surface area contributed by atoms with Crippen molar-refractivity contribution in [2.45, 2.75) is 17.2 Å². The lowest BCUT2D eigenvalue weighted by atomic mass is 10.0. The van der Waals surface area contributed by atoms with E-state index in [4.69, 9.17) is 10.5 Å². The number of anilines is 3. The number of carbonyl (C=O) groups is 1. The van der Waals surface area contributed by atoms with Crippen molar-refractivity contribution in [3.05, 3.63) is 78.2 Å². The van der Waals surface area contributed by atoms with Crippen LogP contribution in [0.25, 0.3) is 11.1 Å². The van der Waals surface area contributed by atoms with Crippen molar-refractivity contribution in [3.63, 3.8) is 0 Å². The highest BCUT2D eigenvalue weighted by Gasteiger charge is 2.33. The molecule has 0 fully saturated rings. The second kappa shape index (κ2) is 11.2. The number of benzene rings is 2. The largest absolute Gasteiger partial charge is 0.424 e. The Morgan fingerprint density at radius 1 is 0.833 bits per heavy atom. The first-order chi connectivity index (χ1) is 19.5. The minimum Gasteiger partial charge on any atom is -0.424 e.